The molecule has 0 radical (unpaired) electrons. The number of carbonyl (C=O) groups excluding carboxylic acids is 1. The van der Waals surface area contributed by atoms with Gasteiger partial charge in [0.1, 0.15) is 5.41 Å². The molecule has 2 rings (SSSR count). The van der Waals surface area contributed by atoms with Crippen LogP contribution in [-0.2, 0) is 4.79 Å². The van der Waals surface area contributed by atoms with E-state index in [1.807, 2.05) is 19.9 Å². The molecule has 0 spiro atoms. The van der Waals surface area contributed by atoms with E-state index in [1.54, 1.807) is 12.1 Å². The molecule has 4 N–H and O–H groups in total. The largest absolute Gasteiger partial charge is 0.409 e. The van der Waals surface area contributed by atoms with Gasteiger partial charge in [0.25, 0.3) is 0 Å². The first-order valence-electron chi connectivity index (χ1n) is 6.44. The van der Waals surface area contributed by atoms with Crippen molar-refractivity contribution >= 4 is 29.0 Å². The van der Waals surface area contributed by atoms with Crippen molar-refractivity contribution in [3.05, 3.63) is 28.8 Å². The van der Waals surface area contributed by atoms with Gasteiger partial charge in [0.2, 0.25) is 5.91 Å². The van der Waals surface area contributed by atoms with E-state index in [4.69, 9.17) is 22.5 Å². The van der Waals surface area contributed by atoms with E-state index in [2.05, 4.69) is 10.5 Å². The minimum absolute atomic E-state index is 0.0451. The van der Waals surface area contributed by atoms with Crippen LogP contribution in [0.1, 0.15) is 25.3 Å². The van der Waals surface area contributed by atoms with E-state index >= 15 is 0 Å². The van der Waals surface area contributed by atoms with Crippen LogP contribution in [0.4, 0.5) is 5.69 Å². The fourth-order valence-corrected chi connectivity index (χ4v) is 2.98. The Morgan fingerprint density at radius 3 is 2.70 bits per heavy atom. The van der Waals surface area contributed by atoms with Crippen LogP contribution in [0.15, 0.2) is 23.4 Å². The van der Waals surface area contributed by atoms with E-state index < -0.39 is 5.41 Å². The molecule has 0 aliphatic heterocycles. The zero-order valence-electron chi connectivity index (χ0n) is 11.5. The lowest BCUT2D eigenvalue weighted by Crippen LogP contribution is -2.54. The number of nitrogens with two attached hydrogens (primary N) is 1. The third kappa shape index (κ3) is 2.45. The Balaban J connectivity index is 2.22. The highest BCUT2D eigenvalue weighted by Crippen LogP contribution is 2.46. The van der Waals surface area contributed by atoms with E-state index in [9.17, 15) is 4.79 Å². The Labute approximate surface area is 122 Å². The summed E-state index contributed by atoms with van der Waals surface area (Å²) in [4.78, 5) is 12.5. The van der Waals surface area contributed by atoms with E-state index in [-0.39, 0.29) is 11.7 Å². The molecule has 1 saturated carbocycles. The molecule has 1 aliphatic carbocycles. The predicted molar refractivity (Wildman–Crippen MR) is 79.1 cm³/mol. The Bertz CT molecular complexity index is 566. The van der Waals surface area contributed by atoms with Crippen LogP contribution < -0.4 is 11.1 Å². The maximum absolute atomic E-state index is 12.5. The second kappa shape index (κ2) is 5.32. The Hall–Kier alpha value is -1.75. The predicted octanol–water partition coefficient (Wildman–Crippen LogP) is 2.75. The van der Waals surface area contributed by atoms with Gasteiger partial charge in [0, 0.05) is 0 Å². The molecule has 1 amide bonds. The van der Waals surface area contributed by atoms with Crippen molar-refractivity contribution in [3.63, 3.8) is 0 Å². The van der Waals surface area contributed by atoms with Gasteiger partial charge in [-0.2, -0.15) is 0 Å². The third-order valence-corrected chi connectivity index (χ3v) is 4.11. The van der Waals surface area contributed by atoms with Crippen molar-refractivity contribution < 1.29 is 10.0 Å². The molecule has 5 nitrogen and oxygen atoms in total. The molecule has 1 aromatic rings. The second-order valence-electron chi connectivity index (χ2n) is 5.52. The van der Waals surface area contributed by atoms with Gasteiger partial charge in [-0.15, -0.1) is 0 Å². The molecule has 0 aromatic heterocycles. The van der Waals surface area contributed by atoms with Gasteiger partial charge in [0.15, 0.2) is 5.84 Å². The van der Waals surface area contributed by atoms with E-state index in [0.29, 0.717) is 29.5 Å². The maximum atomic E-state index is 12.5. The number of aryl methyl sites for hydroxylation is 1. The number of nitrogens with zero attached hydrogens (tertiary/aromatic N) is 1. The van der Waals surface area contributed by atoms with E-state index in [0.717, 1.165) is 5.56 Å². The van der Waals surface area contributed by atoms with Gasteiger partial charge in [-0.05, 0) is 43.4 Å². The van der Waals surface area contributed by atoms with Crippen molar-refractivity contribution in [3.8, 4) is 0 Å². The summed E-state index contributed by atoms with van der Waals surface area (Å²) in [6.07, 6.45) is 1.14. The number of nitrogens with one attached hydrogen (secondary N) is 1. The van der Waals surface area contributed by atoms with Gasteiger partial charge in [-0.25, -0.2) is 0 Å². The number of hydrogen-bond acceptors (Lipinski definition) is 3. The number of carbonyl (C=O) groups is 1. The van der Waals surface area contributed by atoms with Crippen molar-refractivity contribution in [1.82, 2.24) is 0 Å². The topological polar surface area (TPSA) is 87.7 Å². The summed E-state index contributed by atoms with van der Waals surface area (Å²) in [5.74, 6) is 0.0440. The van der Waals surface area contributed by atoms with Gasteiger partial charge in [-0.1, -0.05) is 29.7 Å². The lowest BCUT2D eigenvalue weighted by Gasteiger charge is -2.43. The average molecular weight is 296 g/mol. The molecular weight excluding hydrogens is 278 g/mol. The molecule has 1 aliphatic rings. The highest BCUT2D eigenvalue weighted by atomic mass is 35.5. The minimum atomic E-state index is -0.928. The lowest BCUT2D eigenvalue weighted by molar-refractivity contribution is -0.127. The highest BCUT2D eigenvalue weighted by Gasteiger charge is 2.52. The summed E-state index contributed by atoms with van der Waals surface area (Å²) < 4.78 is 0. The number of amides is 1. The van der Waals surface area contributed by atoms with Crippen LogP contribution in [-0.4, -0.2) is 17.0 Å². The molecule has 0 heterocycles. The van der Waals surface area contributed by atoms with Crippen molar-refractivity contribution in [1.29, 1.82) is 0 Å². The summed E-state index contributed by atoms with van der Waals surface area (Å²) in [5.41, 5.74) is 6.31. The first-order valence-corrected chi connectivity index (χ1v) is 6.82. The zero-order valence-corrected chi connectivity index (χ0v) is 12.2. The Kier molecular flexibility index (Phi) is 3.90. The quantitative estimate of drug-likeness (QED) is 0.347. The lowest BCUT2D eigenvalue weighted by atomic mass is 9.61. The number of hydrogen-bond donors (Lipinski definition) is 3. The molecule has 108 valence electrons. The SMILES string of the molecule is Cc1ccc(NC(=O)C2(/C(N)=N/O)CC(C)C2)c(Cl)c1. The second-order valence-corrected chi connectivity index (χ2v) is 5.93. The smallest absolute Gasteiger partial charge is 0.238 e. The van der Waals surface area contributed by atoms with Crippen LogP contribution in [0.2, 0.25) is 5.02 Å². The number of rotatable bonds is 3. The van der Waals surface area contributed by atoms with Crippen molar-refractivity contribution in [2.45, 2.75) is 26.7 Å². The molecule has 0 unspecified atom stereocenters. The zero-order chi connectivity index (χ0) is 14.9. The molecule has 1 aromatic carbocycles. The first kappa shape index (κ1) is 14.7. The number of benzene rings is 1. The van der Waals surface area contributed by atoms with E-state index in [1.165, 1.54) is 0 Å². The fraction of sp³-hybridized carbons (Fsp3) is 0.429. The molecule has 0 bridgehead atoms. The van der Waals surface area contributed by atoms with Crippen molar-refractivity contribution in [2.75, 3.05) is 5.32 Å². The van der Waals surface area contributed by atoms with Crippen LogP contribution in [0, 0.1) is 18.3 Å². The summed E-state index contributed by atoms with van der Waals surface area (Å²) in [6, 6.07) is 5.38. The molecule has 0 saturated heterocycles. The highest BCUT2D eigenvalue weighted by molar-refractivity contribution is 6.34. The van der Waals surface area contributed by atoms with Gasteiger partial charge >= 0.3 is 0 Å². The fourth-order valence-electron chi connectivity index (χ4n) is 2.70. The van der Waals surface area contributed by atoms with Crippen LogP contribution >= 0.6 is 11.6 Å². The molecule has 0 atom stereocenters. The minimum Gasteiger partial charge on any atom is -0.409 e. The number of anilines is 1. The summed E-state index contributed by atoms with van der Waals surface area (Å²) in [7, 11) is 0. The van der Waals surface area contributed by atoms with Crippen LogP contribution in [0.5, 0.6) is 0 Å². The van der Waals surface area contributed by atoms with Crippen LogP contribution in [0.3, 0.4) is 0 Å². The number of oxime groups is 1. The molecule has 20 heavy (non-hydrogen) atoms. The van der Waals surface area contributed by atoms with Crippen molar-refractivity contribution in [2.24, 2.45) is 22.2 Å². The van der Waals surface area contributed by atoms with Gasteiger partial charge in [-0.3, -0.25) is 4.79 Å². The summed E-state index contributed by atoms with van der Waals surface area (Å²) in [6.45, 7) is 3.94. The first-order chi connectivity index (χ1) is 9.39. The average Bonchev–Trinajstić information content (AvgIpc) is 2.37. The normalized spacial score (nSPS) is 25.9. The van der Waals surface area contributed by atoms with Gasteiger partial charge < -0.3 is 16.3 Å². The Morgan fingerprint density at radius 1 is 1.55 bits per heavy atom. The Morgan fingerprint density at radius 2 is 2.20 bits per heavy atom. The number of amidine groups is 1. The molecular formula is C14H18ClN3O2. The summed E-state index contributed by atoms with van der Waals surface area (Å²) in [5, 5.41) is 15.1. The molecule has 6 heteroatoms. The van der Waals surface area contributed by atoms with Gasteiger partial charge in [0.05, 0.1) is 10.7 Å². The molecule has 1 fully saturated rings. The number of halogens is 1. The summed E-state index contributed by atoms with van der Waals surface area (Å²) >= 11 is 6.10. The van der Waals surface area contributed by atoms with Crippen LogP contribution in [0.25, 0.3) is 0 Å². The monoisotopic (exact) mass is 295 g/mol. The third-order valence-electron chi connectivity index (χ3n) is 3.80. The maximum Gasteiger partial charge on any atom is 0.238 e. The standard InChI is InChI=1S/C14H18ClN3O2/c1-8-3-4-11(10(15)5-8)17-13(19)14(12(16)18-20)6-9(2)7-14/h3-5,9,20H,6-7H2,1-2H3,(H2,16,18)(H,17,19).